The van der Waals surface area contributed by atoms with Crippen LogP contribution in [-0.2, 0) is 6.61 Å². The Hall–Kier alpha value is -3.06. The third kappa shape index (κ3) is 3.21. The number of rotatable bonds is 4. The fraction of sp³-hybridized carbons (Fsp3) is 0.273. The monoisotopic (exact) mass is 343 g/mol. The number of ether oxygens (including phenoxy) is 1. The van der Waals surface area contributed by atoms with Gasteiger partial charge in [-0.05, 0) is 49.6 Å². The molecule has 0 unspecified atom stereocenters. The van der Waals surface area contributed by atoms with E-state index in [0.29, 0.717) is 17.9 Å². The van der Waals surface area contributed by atoms with E-state index < -0.39 is 0 Å². The first kappa shape index (κ1) is 16.4. The van der Waals surface area contributed by atoms with Crippen LogP contribution >= 0.6 is 0 Å². The zero-order valence-electron chi connectivity index (χ0n) is 14.9. The van der Waals surface area contributed by atoms with E-state index in [0.717, 1.165) is 29.9 Å². The molecule has 1 saturated heterocycles. The van der Waals surface area contributed by atoms with Crippen LogP contribution in [0.5, 0.6) is 5.75 Å². The quantitative estimate of drug-likeness (QED) is 0.695. The zero-order valence-corrected chi connectivity index (χ0v) is 14.9. The summed E-state index contributed by atoms with van der Waals surface area (Å²) in [6.45, 7) is 4.71. The van der Waals surface area contributed by atoms with Gasteiger partial charge in [0.05, 0.1) is 11.1 Å². The maximum Gasteiger partial charge on any atom is 0.137 e. The van der Waals surface area contributed by atoms with Crippen molar-refractivity contribution in [2.24, 2.45) is 0 Å². The third-order valence-corrected chi connectivity index (χ3v) is 4.83. The summed E-state index contributed by atoms with van der Waals surface area (Å²) in [6.07, 6.45) is 2.51. The average Bonchev–Trinajstić information content (AvgIpc) is 3.20. The molecule has 1 fully saturated rings. The summed E-state index contributed by atoms with van der Waals surface area (Å²) in [5, 5.41) is 10.4. The van der Waals surface area contributed by atoms with Crippen LogP contribution in [0.3, 0.4) is 0 Å². The second-order valence-corrected chi connectivity index (χ2v) is 6.73. The first-order valence-corrected chi connectivity index (χ1v) is 9.02. The van der Waals surface area contributed by atoms with Gasteiger partial charge in [-0.3, -0.25) is 4.98 Å². The lowest BCUT2D eigenvalue weighted by molar-refractivity contribution is 0.305. The number of hydrogen-bond donors (Lipinski definition) is 0. The van der Waals surface area contributed by atoms with E-state index in [1.54, 1.807) is 6.07 Å². The van der Waals surface area contributed by atoms with Crippen molar-refractivity contribution in [3.05, 3.63) is 65.4 Å². The highest BCUT2D eigenvalue weighted by molar-refractivity contribution is 5.92. The molecule has 4 heteroatoms. The van der Waals surface area contributed by atoms with E-state index in [-0.39, 0.29) is 0 Å². The first-order chi connectivity index (χ1) is 12.7. The minimum absolute atomic E-state index is 0.420. The number of nitriles is 1. The van der Waals surface area contributed by atoms with Crippen molar-refractivity contribution < 1.29 is 4.74 Å². The number of anilines is 1. The molecule has 0 atom stereocenters. The van der Waals surface area contributed by atoms with Crippen LogP contribution in [0, 0.1) is 18.3 Å². The van der Waals surface area contributed by atoms with Crippen molar-refractivity contribution in [2.45, 2.75) is 26.4 Å². The van der Waals surface area contributed by atoms with Gasteiger partial charge < -0.3 is 9.64 Å². The molecule has 0 saturated carbocycles. The van der Waals surface area contributed by atoms with Crippen LogP contribution in [0.1, 0.15) is 29.7 Å². The maximum absolute atomic E-state index is 9.18. The number of nitrogens with zero attached hydrogens (tertiary/aromatic N) is 3. The van der Waals surface area contributed by atoms with Crippen molar-refractivity contribution in [2.75, 3.05) is 18.0 Å². The third-order valence-electron chi connectivity index (χ3n) is 4.83. The van der Waals surface area contributed by atoms with E-state index in [2.05, 4.69) is 35.2 Å². The van der Waals surface area contributed by atoms with Crippen LogP contribution in [0.15, 0.2) is 48.5 Å². The Morgan fingerprint density at radius 2 is 1.92 bits per heavy atom. The largest absolute Gasteiger partial charge is 0.488 e. The minimum Gasteiger partial charge on any atom is -0.488 e. The fourth-order valence-corrected chi connectivity index (χ4v) is 3.54. The van der Waals surface area contributed by atoms with Gasteiger partial charge >= 0.3 is 0 Å². The van der Waals surface area contributed by atoms with Crippen LogP contribution in [-0.4, -0.2) is 18.1 Å². The summed E-state index contributed by atoms with van der Waals surface area (Å²) < 4.78 is 5.86. The molecule has 0 radical (unpaired) electrons. The smallest absolute Gasteiger partial charge is 0.137 e. The van der Waals surface area contributed by atoms with Gasteiger partial charge in [-0.1, -0.05) is 24.3 Å². The Morgan fingerprint density at radius 1 is 1.12 bits per heavy atom. The number of fused-ring (bicyclic) bond motifs is 1. The Morgan fingerprint density at radius 3 is 2.73 bits per heavy atom. The number of aryl methyl sites for hydroxylation is 1. The van der Waals surface area contributed by atoms with Crippen molar-refractivity contribution in [3.63, 3.8) is 0 Å². The molecule has 4 rings (SSSR count). The van der Waals surface area contributed by atoms with E-state index >= 15 is 0 Å². The van der Waals surface area contributed by atoms with Gasteiger partial charge in [0, 0.05) is 29.9 Å². The summed E-state index contributed by atoms with van der Waals surface area (Å²) in [6, 6.07) is 18.0. The first-order valence-electron chi connectivity index (χ1n) is 9.02. The summed E-state index contributed by atoms with van der Waals surface area (Å²) in [7, 11) is 0. The molecule has 0 spiro atoms. The Bertz CT molecular complexity index is 984. The molecule has 3 aromatic rings. The molecule has 1 aliphatic rings. The van der Waals surface area contributed by atoms with E-state index in [4.69, 9.17) is 9.72 Å². The highest BCUT2D eigenvalue weighted by Gasteiger charge is 2.16. The van der Waals surface area contributed by atoms with E-state index in [1.807, 2.05) is 25.1 Å². The number of para-hydroxylation sites is 1. The molecule has 130 valence electrons. The predicted octanol–water partition coefficient (Wildman–Crippen LogP) is 4.59. The van der Waals surface area contributed by atoms with Gasteiger partial charge in [0.15, 0.2) is 0 Å². The fourth-order valence-electron chi connectivity index (χ4n) is 3.54. The van der Waals surface area contributed by atoms with Crippen LogP contribution < -0.4 is 9.64 Å². The normalized spacial score (nSPS) is 13.8. The lowest BCUT2D eigenvalue weighted by Gasteiger charge is -2.20. The number of pyridine rings is 1. The van der Waals surface area contributed by atoms with Gasteiger partial charge in [-0.15, -0.1) is 0 Å². The van der Waals surface area contributed by atoms with Crippen LogP contribution in [0.4, 0.5) is 5.69 Å². The summed E-state index contributed by atoms with van der Waals surface area (Å²) >= 11 is 0. The highest BCUT2D eigenvalue weighted by Crippen LogP contribution is 2.30. The lowest BCUT2D eigenvalue weighted by Crippen LogP contribution is -2.18. The summed E-state index contributed by atoms with van der Waals surface area (Å²) in [4.78, 5) is 7.18. The molecule has 0 bridgehead atoms. The Labute approximate surface area is 153 Å². The topological polar surface area (TPSA) is 49.1 Å². The Balaban J connectivity index is 1.62. The van der Waals surface area contributed by atoms with Crippen LogP contribution in [0.25, 0.3) is 10.9 Å². The maximum atomic E-state index is 9.18. The predicted molar refractivity (Wildman–Crippen MR) is 103 cm³/mol. The lowest BCUT2D eigenvalue weighted by atomic mass is 10.1. The van der Waals surface area contributed by atoms with Gasteiger partial charge in [0.25, 0.3) is 0 Å². The summed E-state index contributed by atoms with van der Waals surface area (Å²) in [5.41, 5.74) is 4.93. The standard InChI is InChI=1S/C22H21N3O/c1-16-12-21(25-10-4-5-11-25)19-9-8-17(13-20(19)24-16)15-26-22-7-3-2-6-18(22)14-23/h2-3,6-9,12-13H,4-5,10-11,15H2,1H3. The van der Waals surface area contributed by atoms with E-state index in [9.17, 15) is 5.26 Å². The number of aromatic nitrogens is 1. The molecular weight excluding hydrogens is 322 g/mol. The molecule has 4 nitrogen and oxygen atoms in total. The molecule has 0 amide bonds. The number of benzene rings is 2. The van der Waals surface area contributed by atoms with Gasteiger partial charge in [0.1, 0.15) is 18.4 Å². The molecule has 0 N–H and O–H groups in total. The Kier molecular flexibility index (Phi) is 4.45. The molecule has 2 aromatic carbocycles. The molecular formula is C22H21N3O. The second-order valence-electron chi connectivity index (χ2n) is 6.73. The molecule has 1 aromatic heterocycles. The van der Waals surface area contributed by atoms with Crippen molar-refractivity contribution >= 4 is 16.6 Å². The van der Waals surface area contributed by atoms with Gasteiger partial charge in [-0.25, -0.2) is 0 Å². The average molecular weight is 343 g/mol. The summed E-state index contributed by atoms with van der Waals surface area (Å²) in [5.74, 6) is 0.616. The van der Waals surface area contributed by atoms with Crippen molar-refractivity contribution in [3.8, 4) is 11.8 Å². The van der Waals surface area contributed by atoms with Crippen LogP contribution in [0.2, 0.25) is 0 Å². The van der Waals surface area contributed by atoms with Crippen molar-refractivity contribution in [1.82, 2.24) is 4.98 Å². The molecule has 1 aliphatic heterocycles. The zero-order chi connectivity index (χ0) is 17.9. The highest BCUT2D eigenvalue weighted by atomic mass is 16.5. The molecule has 2 heterocycles. The van der Waals surface area contributed by atoms with Gasteiger partial charge in [0.2, 0.25) is 0 Å². The minimum atomic E-state index is 0.420. The van der Waals surface area contributed by atoms with Crippen molar-refractivity contribution in [1.29, 1.82) is 5.26 Å². The second kappa shape index (κ2) is 7.05. The SMILES string of the molecule is Cc1cc(N2CCCC2)c2ccc(COc3ccccc3C#N)cc2n1. The number of hydrogen-bond acceptors (Lipinski definition) is 4. The molecule has 26 heavy (non-hydrogen) atoms. The van der Waals surface area contributed by atoms with Gasteiger partial charge in [-0.2, -0.15) is 5.26 Å². The molecule has 0 aliphatic carbocycles. The van der Waals surface area contributed by atoms with E-state index in [1.165, 1.54) is 23.9 Å².